The number of anilines is 1. The van der Waals surface area contributed by atoms with Crippen molar-refractivity contribution in [2.24, 2.45) is 11.8 Å². The maximum absolute atomic E-state index is 15.6. The third-order valence-corrected chi connectivity index (χ3v) is 8.65. The molecule has 0 amide bonds. The molecule has 0 unspecified atom stereocenters. The van der Waals surface area contributed by atoms with Crippen molar-refractivity contribution in [2.75, 3.05) is 11.5 Å². The van der Waals surface area contributed by atoms with Crippen LogP contribution in [0.1, 0.15) is 57.1 Å². The first-order valence-electron chi connectivity index (χ1n) is 13.7. The van der Waals surface area contributed by atoms with Crippen LogP contribution in [0.3, 0.4) is 0 Å². The molecule has 2 bridgehead atoms. The molecule has 1 N–H and O–H groups in total. The molecule has 1 aliphatic heterocycles. The molecule has 37 heavy (non-hydrogen) atoms. The highest BCUT2D eigenvalue weighted by Gasteiger charge is 2.46. The highest BCUT2D eigenvalue weighted by atomic mass is 19.1. The van der Waals surface area contributed by atoms with E-state index in [9.17, 15) is 5.11 Å². The van der Waals surface area contributed by atoms with Crippen molar-refractivity contribution in [3.05, 3.63) is 42.4 Å². The maximum atomic E-state index is 15.6. The van der Waals surface area contributed by atoms with Gasteiger partial charge in [0.1, 0.15) is 17.7 Å². The normalized spacial score (nSPS) is 26.7. The number of fused-ring (bicyclic) bond motifs is 3. The zero-order valence-corrected chi connectivity index (χ0v) is 20.9. The molecule has 3 heterocycles. The number of halogens is 1. The van der Waals surface area contributed by atoms with Gasteiger partial charge in [0.05, 0.1) is 30.1 Å². The van der Waals surface area contributed by atoms with Crippen LogP contribution in [0.2, 0.25) is 0 Å². The van der Waals surface area contributed by atoms with Gasteiger partial charge in [-0.1, -0.05) is 18.9 Å². The smallest absolute Gasteiger partial charge is 0.185 e. The van der Waals surface area contributed by atoms with Crippen LogP contribution >= 0.6 is 0 Å². The molecule has 0 spiro atoms. The minimum atomic E-state index is -0.821. The Kier molecular flexibility index (Phi) is 5.70. The van der Waals surface area contributed by atoms with Gasteiger partial charge in [0.25, 0.3) is 0 Å². The number of benzene rings is 1. The lowest BCUT2D eigenvalue weighted by Crippen LogP contribution is -2.52. The third-order valence-electron chi connectivity index (χ3n) is 8.65. The number of phenols is 1. The lowest BCUT2D eigenvalue weighted by molar-refractivity contribution is 0.0631. The predicted octanol–water partition coefficient (Wildman–Crippen LogP) is 5.52. The summed E-state index contributed by atoms with van der Waals surface area (Å²) in [6.07, 6.45) is 12.0. The highest BCUT2D eigenvalue weighted by molar-refractivity contribution is 5.73. The Morgan fingerprint density at radius 2 is 1.86 bits per heavy atom. The van der Waals surface area contributed by atoms with Crippen molar-refractivity contribution >= 4 is 5.82 Å². The molecule has 2 aromatic heterocycles. The van der Waals surface area contributed by atoms with Crippen LogP contribution in [0, 0.1) is 11.8 Å². The molecule has 8 heteroatoms. The Morgan fingerprint density at radius 1 is 0.946 bits per heavy atom. The summed E-state index contributed by atoms with van der Waals surface area (Å²) in [6, 6.07) is 7.59. The fraction of sp³-hybridized carbons (Fsp3) is 0.517. The molecule has 4 aliphatic rings. The summed E-state index contributed by atoms with van der Waals surface area (Å²) in [4.78, 5) is 11.3. The summed E-state index contributed by atoms with van der Waals surface area (Å²) in [7, 11) is 0. The van der Waals surface area contributed by atoms with Gasteiger partial charge in [-0.25, -0.2) is 9.37 Å². The molecule has 4 atom stereocenters. The summed E-state index contributed by atoms with van der Waals surface area (Å²) in [5, 5.41) is 19.7. The van der Waals surface area contributed by atoms with Crippen molar-refractivity contribution < 1.29 is 14.2 Å². The third kappa shape index (κ3) is 4.30. The van der Waals surface area contributed by atoms with Gasteiger partial charge in [-0.3, -0.25) is 4.98 Å². The molecule has 3 aromatic rings. The first-order chi connectivity index (χ1) is 18.1. The fourth-order valence-electron chi connectivity index (χ4n) is 6.65. The van der Waals surface area contributed by atoms with Crippen LogP contribution in [-0.2, 0) is 6.42 Å². The topological polar surface area (TPSA) is 84.3 Å². The maximum Gasteiger partial charge on any atom is 0.185 e. The number of pyridine rings is 1. The predicted molar refractivity (Wildman–Crippen MR) is 138 cm³/mol. The number of aromatic nitrogens is 4. The first-order valence-corrected chi connectivity index (χ1v) is 13.7. The van der Waals surface area contributed by atoms with E-state index in [0.717, 1.165) is 73.9 Å². The van der Waals surface area contributed by atoms with Crippen LogP contribution in [-0.4, -0.2) is 50.1 Å². The molecule has 0 saturated heterocycles. The second kappa shape index (κ2) is 9.23. The molecule has 3 fully saturated rings. The number of hydrogen-bond donors (Lipinski definition) is 1. The van der Waals surface area contributed by atoms with Crippen LogP contribution in [0.25, 0.3) is 22.5 Å². The summed E-state index contributed by atoms with van der Waals surface area (Å²) >= 11 is 0. The molecule has 192 valence electrons. The molecule has 1 aromatic carbocycles. The second-order valence-electron chi connectivity index (χ2n) is 11.2. The molecular weight excluding hydrogens is 469 g/mol. The quantitative estimate of drug-likeness (QED) is 0.493. The summed E-state index contributed by atoms with van der Waals surface area (Å²) < 4.78 is 21.3. The van der Waals surface area contributed by atoms with Gasteiger partial charge in [-0.05, 0) is 80.5 Å². The Hall–Kier alpha value is -3.29. The van der Waals surface area contributed by atoms with Crippen molar-refractivity contribution in [1.82, 2.24) is 20.2 Å². The molecule has 7 nitrogen and oxygen atoms in total. The van der Waals surface area contributed by atoms with Crippen molar-refractivity contribution in [2.45, 2.75) is 76.0 Å². The van der Waals surface area contributed by atoms with Crippen LogP contribution in [0.5, 0.6) is 11.5 Å². The van der Waals surface area contributed by atoms with E-state index < -0.39 is 6.17 Å². The van der Waals surface area contributed by atoms with Gasteiger partial charge in [0.15, 0.2) is 11.6 Å². The fourth-order valence-corrected chi connectivity index (χ4v) is 6.65. The number of rotatable bonds is 5. The summed E-state index contributed by atoms with van der Waals surface area (Å²) in [5.41, 5.74) is 3.21. The van der Waals surface area contributed by atoms with E-state index in [4.69, 9.17) is 4.74 Å². The number of nitrogens with zero attached hydrogens (tertiary/aromatic N) is 5. The van der Waals surface area contributed by atoms with Gasteiger partial charge < -0.3 is 14.7 Å². The van der Waals surface area contributed by atoms with E-state index in [1.807, 2.05) is 18.3 Å². The zero-order chi connectivity index (χ0) is 24.9. The second-order valence-corrected chi connectivity index (χ2v) is 11.2. The van der Waals surface area contributed by atoms with Gasteiger partial charge >= 0.3 is 0 Å². The zero-order valence-electron chi connectivity index (χ0n) is 20.9. The molecule has 3 saturated carbocycles. The van der Waals surface area contributed by atoms with E-state index in [1.54, 1.807) is 18.3 Å². The van der Waals surface area contributed by atoms with E-state index in [0.29, 0.717) is 35.8 Å². The van der Waals surface area contributed by atoms with Crippen LogP contribution < -0.4 is 9.64 Å². The average Bonchev–Trinajstić information content (AvgIpc) is 3.77. The minimum Gasteiger partial charge on any atom is -0.507 e. The van der Waals surface area contributed by atoms with Crippen LogP contribution in [0.4, 0.5) is 10.2 Å². The first kappa shape index (κ1) is 22.9. The number of ether oxygens (including phenoxy) is 1. The monoisotopic (exact) mass is 501 g/mol. The number of phenolic OH excluding ortho intramolecular Hbond substituents is 1. The molecule has 0 radical (unpaired) electrons. The number of alkyl halides is 1. The van der Waals surface area contributed by atoms with Gasteiger partial charge in [0, 0.05) is 17.8 Å². The SMILES string of the molecule is Oc1cc(-c2cnc3c(c2)OCCC3)ccc1-c1ncc(N(C2CC2)[C@@H]2C[C@H]3CCC[C@H](C3)[C@@H]2F)nn1. The standard InChI is InChI=1S/C29H32FN5O2/c30-28-19-4-1-3-17(11-19)12-24(28)35(21-7-8-21)27-16-32-29(34-33-27)22-9-6-18(13-25(22)36)20-14-26-23(31-15-20)5-2-10-37-26/h6,9,13-17,19,21,24,28,36H,1-5,7-8,10-12H2/t17-,19+,24+,28-/m0/s1. The van der Waals surface area contributed by atoms with Gasteiger partial charge in [-0.15, -0.1) is 10.2 Å². The molecular formula is C29H32FN5O2. The highest BCUT2D eigenvalue weighted by Crippen LogP contribution is 2.46. The average molecular weight is 502 g/mol. The van der Waals surface area contributed by atoms with Crippen molar-refractivity contribution in [3.8, 4) is 34.0 Å². The number of hydrogen-bond acceptors (Lipinski definition) is 7. The number of aryl methyl sites for hydroxylation is 1. The summed E-state index contributed by atoms with van der Waals surface area (Å²) in [6.45, 7) is 0.703. The van der Waals surface area contributed by atoms with E-state index >= 15 is 4.39 Å². The molecule has 7 rings (SSSR count). The van der Waals surface area contributed by atoms with Gasteiger partial charge in [0.2, 0.25) is 0 Å². The van der Waals surface area contributed by atoms with E-state index in [-0.39, 0.29) is 17.7 Å². The Labute approximate surface area is 216 Å². The van der Waals surface area contributed by atoms with Crippen molar-refractivity contribution in [1.29, 1.82) is 0 Å². The minimum absolute atomic E-state index is 0.0775. The number of aromatic hydroxyl groups is 1. The Morgan fingerprint density at radius 3 is 2.68 bits per heavy atom. The van der Waals surface area contributed by atoms with Gasteiger partial charge in [-0.2, -0.15) is 0 Å². The lowest BCUT2D eigenvalue weighted by Gasteiger charge is -2.46. The largest absolute Gasteiger partial charge is 0.507 e. The Bertz CT molecular complexity index is 1300. The summed E-state index contributed by atoms with van der Waals surface area (Å²) in [5.74, 6) is 2.68. The van der Waals surface area contributed by atoms with Crippen molar-refractivity contribution in [3.63, 3.8) is 0 Å². The Balaban J connectivity index is 1.13. The molecule has 3 aliphatic carbocycles. The van der Waals surface area contributed by atoms with E-state index in [1.165, 1.54) is 6.42 Å². The van der Waals surface area contributed by atoms with E-state index in [2.05, 4.69) is 25.1 Å². The lowest BCUT2D eigenvalue weighted by atomic mass is 9.69. The van der Waals surface area contributed by atoms with Crippen LogP contribution in [0.15, 0.2) is 36.7 Å².